The molecular weight excluding hydrogens is 386 g/mol. The van der Waals surface area contributed by atoms with Crippen molar-refractivity contribution in [1.29, 1.82) is 0 Å². The molecule has 0 bridgehead atoms. The molecule has 1 fully saturated rings. The van der Waals surface area contributed by atoms with Gasteiger partial charge >= 0.3 is 5.97 Å². The molecule has 0 radical (unpaired) electrons. The Bertz CT molecular complexity index is 1070. The second kappa shape index (κ2) is 8.36. The number of hydrogen-bond donors (Lipinski definition) is 0. The highest BCUT2D eigenvalue weighted by Crippen LogP contribution is 2.46. The maximum absolute atomic E-state index is 11.6. The Morgan fingerprint density at radius 2 is 1.45 bits per heavy atom. The van der Waals surface area contributed by atoms with Crippen LogP contribution in [0.4, 0.5) is 0 Å². The highest BCUT2D eigenvalue weighted by atomic mass is 16.5. The molecule has 3 aromatic rings. The predicted molar refractivity (Wildman–Crippen MR) is 122 cm³/mol. The number of fused-ring (bicyclic) bond motifs is 3. The van der Waals surface area contributed by atoms with E-state index in [1.807, 2.05) is 18.3 Å². The lowest BCUT2D eigenvalue weighted by Gasteiger charge is -2.37. The quantitative estimate of drug-likeness (QED) is 0.477. The van der Waals surface area contributed by atoms with Crippen molar-refractivity contribution in [2.24, 2.45) is 5.10 Å². The number of carbonyl (C=O) groups excluding carboxylic acids is 1. The highest BCUT2D eigenvalue weighted by Gasteiger charge is 2.33. The molecule has 1 aliphatic carbocycles. The maximum Gasteiger partial charge on any atom is 0.337 e. The van der Waals surface area contributed by atoms with E-state index in [0.29, 0.717) is 11.6 Å². The summed E-state index contributed by atoms with van der Waals surface area (Å²) in [5.74, 6) is -0.324. The fraction of sp³-hybridized carbons (Fsp3) is 0.231. The van der Waals surface area contributed by atoms with Crippen LogP contribution in [0.3, 0.4) is 0 Å². The number of hydrogen-bond acceptors (Lipinski definition) is 5. The molecule has 5 rings (SSSR count). The normalized spacial score (nSPS) is 16.4. The number of piperazine rings is 1. The molecule has 5 heteroatoms. The van der Waals surface area contributed by atoms with Gasteiger partial charge in [-0.1, -0.05) is 60.7 Å². The lowest BCUT2D eigenvalue weighted by atomic mass is 10.0. The van der Waals surface area contributed by atoms with Crippen LogP contribution in [0.1, 0.15) is 33.1 Å². The molecule has 0 spiro atoms. The van der Waals surface area contributed by atoms with Crippen molar-refractivity contribution >= 4 is 12.2 Å². The number of nitrogens with zero attached hydrogens (tertiary/aromatic N) is 3. The fourth-order valence-electron chi connectivity index (χ4n) is 4.58. The topological polar surface area (TPSA) is 45.1 Å². The van der Waals surface area contributed by atoms with E-state index >= 15 is 0 Å². The lowest BCUT2D eigenvalue weighted by molar-refractivity contribution is 0.0600. The van der Waals surface area contributed by atoms with Gasteiger partial charge in [-0.25, -0.2) is 4.79 Å². The van der Waals surface area contributed by atoms with Crippen molar-refractivity contribution in [3.05, 3.63) is 95.1 Å². The molecule has 0 unspecified atom stereocenters. The van der Waals surface area contributed by atoms with E-state index in [-0.39, 0.29) is 5.97 Å². The van der Waals surface area contributed by atoms with Gasteiger partial charge in [-0.15, -0.1) is 0 Å². The molecule has 1 saturated heterocycles. The third-order valence-electron chi connectivity index (χ3n) is 6.16. The van der Waals surface area contributed by atoms with Gasteiger partial charge in [0.15, 0.2) is 0 Å². The Morgan fingerprint density at radius 1 is 0.871 bits per heavy atom. The van der Waals surface area contributed by atoms with Crippen molar-refractivity contribution in [3.8, 4) is 11.1 Å². The van der Waals surface area contributed by atoms with E-state index in [4.69, 9.17) is 4.74 Å². The van der Waals surface area contributed by atoms with Gasteiger partial charge in [-0.05, 0) is 39.9 Å². The van der Waals surface area contributed by atoms with Crippen molar-refractivity contribution in [2.75, 3.05) is 33.3 Å². The first-order valence-electron chi connectivity index (χ1n) is 10.6. The summed E-state index contributed by atoms with van der Waals surface area (Å²) in [4.78, 5) is 14.1. The smallest absolute Gasteiger partial charge is 0.337 e. The van der Waals surface area contributed by atoms with Crippen LogP contribution in [-0.2, 0) is 4.74 Å². The lowest BCUT2D eigenvalue weighted by Crippen LogP contribution is -2.45. The van der Waals surface area contributed by atoms with Crippen molar-refractivity contribution in [3.63, 3.8) is 0 Å². The number of esters is 1. The van der Waals surface area contributed by atoms with E-state index in [9.17, 15) is 4.79 Å². The minimum Gasteiger partial charge on any atom is -0.465 e. The van der Waals surface area contributed by atoms with E-state index in [1.165, 1.54) is 29.4 Å². The molecule has 1 aliphatic heterocycles. The Morgan fingerprint density at radius 3 is 2.03 bits per heavy atom. The van der Waals surface area contributed by atoms with E-state index in [2.05, 4.69) is 63.5 Å². The van der Waals surface area contributed by atoms with Gasteiger partial charge in [0.2, 0.25) is 0 Å². The first-order chi connectivity index (χ1) is 15.2. The van der Waals surface area contributed by atoms with Gasteiger partial charge < -0.3 is 4.74 Å². The first kappa shape index (κ1) is 19.5. The predicted octanol–water partition coefficient (Wildman–Crippen LogP) is 4.19. The summed E-state index contributed by atoms with van der Waals surface area (Å²) in [6.07, 6.45) is 1.86. The van der Waals surface area contributed by atoms with Crippen LogP contribution in [0.5, 0.6) is 0 Å². The molecule has 1 heterocycles. The minimum absolute atomic E-state index is 0.324. The Hall–Kier alpha value is -3.44. The Kier molecular flexibility index (Phi) is 5.26. The standard InChI is InChI=1S/C26H25N3O2/c1-31-26(30)20-12-10-19(11-13-20)18-27-29-16-14-28(15-17-29)25-23-8-4-2-6-21(23)22-7-3-5-9-24(22)25/h2-13,18,25H,14-17H2,1H3. The van der Waals surface area contributed by atoms with Crippen LogP contribution >= 0.6 is 0 Å². The van der Waals surface area contributed by atoms with Crippen LogP contribution < -0.4 is 0 Å². The van der Waals surface area contributed by atoms with Crippen molar-refractivity contribution in [2.45, 2.75) is 6.04 Å². The molecule has 5 nitrogen and oxygen atoms in total. The summed E-state index contributed by atoms with van der Waals surface area (Å²) in [6, 6.07) is 25.2. The average Bonchev–Trinajstić information content (AvgIpc) is 3.17. The molecule has 156 valence electrons. The number of benzene rings is 3. The summed E-state index contributed by atoms with van der Waals surface area (Å²) in [5, 5.41) is 6.79. The van der Waals surface area contributed by atoms with E-state index < -0.39 is 0 Å². The molecule has 0 atom stereocenters. The summed E-state index contributed by atoms with van der Waals surface area (Å²) in [5.41, 5.74) is 7.05. The van der Waals surface area contributed by atoms with Crippen molar-refractivity contribution in [1.82, 2.24) is 9.91 Å². The van der Waals surface area contributed by atoms with Crippen LogP contribution in [0.2, 0.25) is 0 Å². The highest BCUT2D eigenvalue weighted by molar-refractivity contribution is 5.90. The van der Waals surface area contributed by atoms with Gasteiger partial charge in [0.25, 0.3) is 0 Å². The van der Waals surface area contributed by atoms with E-state index in [1.54, 1.807) is 12.1 Å². The van der Waals surface area contributed by atoms with Crippen molar-refractivity contribution < 1.29 is 9.53 Å². The summed E-state index contributed by atoms with van der Waals surface area (Å²) >= 11 is 0. The van der Waals surface area contributed by atoms with Crippen LogP contribution in [0.15, 0.2) is 77.9 Å². The van der Waals surface area contributed by atoms with Crippen LogP contribution in [0.25, 0.3) is 11.1 Å². The molecule has 0 amide bonds. The van der Waals surface area contributed by atoms with E-state index in [0.717, 1.165) is 31.7 Å². The molecule has 0 N–H and O–H groups in total. The zero-order chi connectivity index (χ0) is 21.2. The molecule has 0 aromatic heterocycles. The number of methoxy groups -OCH3 is 1. The molecule has 0 saturated carbocycles. The minimum atomic E-state index is -0.324. The summed E-state index contributed by atoms with van der Waals surface area (Å²) < 4.78 is 4.74. The zero-order valence-corrected chi connectivity index (χ0v) is 17.6. The Labute approximate surface area is 182 Å². The maximum atomic E-state index is 11.6. The number of hydrazone groups is 1. The third-order valence-corrected chi connectivity index (χ3v) is 6.16. The molecule has 2 aliphatic rings. The van der Waals surface area contributed by atoms with Crippen LogP contribution in [-0.4, -0.2) is 55.4 Å². The second-order valence-corrected chi connectivity index (χ2v) is 7.92. The van der Waals surface area contributed by atoms with Gasteiger partial charge in [0.05, 0.1) is 24.9 Å². The SMILES string of the molecule is COC(=O)c1ccc(C=NN2CCN(C3c4ccccc4-c4ccccc43)CC2)cc1. The van der Waals surface area contributed by atoms with Gasteiger partial charge in [-0.2, -0.15) is 5.10 Å². The summed E-state index contributed by atoms with van der Waals surface area (Å²) in [6.45, 7) is 3.70. The van der Waals surface area contributed by atoms with Gasteiger partial charge in [0, 0.05) is 26.2 Å². The fourth-order valence-corrected chi connectivity index (χ4v) is 4.58. The summed E-state index contributed by atoms with van der Waals surface area (Å²) in [7, 11) is 1.39. The van der Waals surface area contributed by atoms with Gasteiger partial charge in [-0.3, -0.25) is 9.91 Å². The average molecular weight is 412 g/mol. The number of ether oxygens (including phenoxy) is 1. The molecule has 31 heavy (non-hydrogen) atoms. The third kappa shape index (κ3) is 3.73. The Balaban J connectivity index is 1.26. The first-order valence-corrected chi connectivity index (χ1v) is 10.6. The largest absolute Gasteiger partial charge is 0.465 e. The molecule has 3 aromatic carbocycles. The monoisotopic (exact) mass is 411 g/mol. The second-order valence-electron chi connectivity index (χ2n) is 7.92. The number of carbonyl (C=O) groups is 1. The van der Waals surface area contributed by atoms with Gasteiger partial charge in [0.1, 0.15) is 0 Å². The molecular formula is C26H25N3O2. The number of rotatable bonds is 4. The zero-order valence-electron chi connectivity index (χ0n) is 17.6. The van der Waals surface area contributed by atoms with Crippen LogP contribution in [0, 0.1) is 0 Å².